The maximum absolute atomic E-state index is 14.2. The van der Waals surface area contributed by atoms with Crippen LogP contribution >= 0.6 is 0 Å². The summed E-state index contributed by atoms with van der Waals surface area (Å²) in [6, 6.07) is 17.9. The largest absolute Gasteiger partial charge is 0.497 e. The number of rotatable bonds is 11. The van der Waals surface area contributed by atoms with E-state index < -0.39 is 8.32 Å². The zero-order chi connectivity index (χ0) is 30.9. The monoisotopic (exact) mass is 601 g/mol. The van der Waals surface area contributed by atoms with Crippen molar-refractivity contribution in [3.63, 3.8) is 0 Å². The molecule has 9 heteroatoms. The fourth-order valence-electron chi connectivity index (χ4n) is 7.59. The van der Waals surface area contributed by atoms with Gasteiger partial charge in [0, 0.05) is 20.1 Å². The first kappa shape index (κ1) is 31.0. The van der Waals surface area contributed by atoms with E-state index in [1.807, 2.05) is 30.3 Å². The number of anilines is 2. The lowest BCUT2D eigenvalue weighted by Crippen LogP contribution is -2.61. The molecule has 1 fully saturated rings. The number of amides is 1. The predicted octanol–water partition coefficient (Wildman–Crippen LogP) is 6.77. The number of methoxy groups -OCH3 is 1. The maximum atomic E-state index is 14.2. The molecule has 0 radical (unpaired) electrons. The summed E-state index contributed by atoms with van der Waals surface area (Å²) in [6.07, 6.45) is 1.63. The molecule has 3 aromatic rings. The molecule has 1 N–H and O–H groups in total. The number of ether oxygens (including phenoxy) is 1. The van der Waals surface area contributed by atoms with Crippen LogP contribution in [-0.4, -0.2) is 62.4 Å². The van der Waals surface area contributed by atoms with Gasteiger partial charge in [-0.2, -0.15) is 0 Å². The van der Waals surface area contributed by atoms with Crippen molar-refractivity contribution in [2.75, 3.05) is 37.5 Å². The first-order valence-electron chi connectivity index (χ1n) is 15.5. The van der Waals surface area contributed by atoms with E-state index >= 15 is 0 Å². The number of nitrogens with zero attached hydrogens (tertiary/aromatic N) is 4. The standard InChI is InChI=1S/C34H47N5O3Si/c1-22(2)43(23(3)4,24(5)6)42-20-27-18-35-32-30(33(37-21-36-32)38(7)19-25-12-10-9-11-13-25)31-29(34(40)39(27)31)26-14-16-28(41-8)17-15-26/h9-17,21-24,27,29,31H,18-20H2,1-8H3,(H,35,36,37)/t27-,29?,31+/m0/s1. The van der Waals surface area contributed by atoms with Crippen molar-refractivity contribution in [2.45, 2.75) is 82.7 Å². The summed E-state index contributed by atoms with van der Waals surface area (Å²) in [5, 5.41) is 3.61. The summed E-state index contributed by atoms with van der Waals surface area (Å²) in [5.74, 6) is 2.16. The van der Waals surface area contributed by atoms with E-state index in [4.69, 9.17) is 19.1 Å². The number of benzene rings is 2. The van der Waals surface area contributed by atoms with Gasteiger partial charge in [-0.25, -0.2) is 9.97 Å². The van der Waals surface area contributed by atoms with E-state index in [0.29, 0.717) is 36.3 Å². The van der Waals surface area contributed by atoms with Gasteiger partial charge in [-0.3, -0.25) is 4.79 Å². The third-order valence-corrected chi connectivity index (χ3v) is 15.6. The number of carbonyl (C=O) groups is 1. The topological polar surface area (TPSA) is 79.8 Å². The Kier molecular flexibility index (Phi) is 9.13. The Morgan fingerprint density at radius 1 is 0.977 bits per heavy atom. The number of fused-ring (bicyclic) bond motifs is 3. The van der Waals surface area contributed by atoms with Crippen molar-refractivity contribution in [3.05, 3.63) is 77.6 Å². The molecular weight excluding hydrogens is 554 g/mol. The zero-order valence-corrected chi connectivity index (χ0v) is 27.9. The van der Waals surface area contributed by atoms with Crippen LogP contribution < -0.4 is 15.0 Å². The molecule has 0 spiro atoms. The summed E-state index contributed by atoms with van der Waals surface area (Å²) in [5.41, 5.74) is 4.50. The molecule has 5 rings (SSSR count). The predicted molar refractivity (Wildman–Crippen MR) is 175 cm³/mol. The number of β-lactam (4-membered cyclic amide) rings is 1. The van der Waals surface area contributed by atoms with Crippen molar-refractivity contribution in [1.82, 2.24) is 14.9 Å². The Morgan fingerprint density at radius 3 is 2.23 bits per heavy atom. The SMILES string of the molecule is COc1ccc(C2C(=O)N3[C@H](CO[Si](C(C)C)(C(C)C)C(C)C)CNc4ncnc(N(C)Cc5ccccc5)c4[C@@H]23)cc1. The number of hydrogen-bond donors (Lipinski definition) is 1. The van der Waals surface area contributed by atoms with E-state index in [0.717, 1.165) is 28.5 Å². The third-order valence-electron chi connectivity index (χ3n) is 9.53. The lowest BCUT2D eigenvalue weighted by Gasteiger charge is -2.51. The van der Waals surface area contributed by atoms with Crippen LogP contribution in [0.1, 0.15) is 70.2 Å². The van der Waals surface area contributed by atoms with E-state index in [2.05, 4.69) is 88.0 Å². The second kappa shape index (κ2) is 12.7. The molecule has 1 unspecified atom stereocenters. The molecule has 3 atom stereocenters. The minimum Gasteiger partial charge on any atom is -0.497 e. The van der Waals surface area contributed by atoms with Crippen LogP contribution in [0.25, 0.3) is 0 Å². The average molecular weight is 602 g/mol. The highest BCUT2D eigenvalue weighted by Crippen LogP contribution is 2.53. The van der Waals surface area contributed by atoms with Crippen LogP contribution in [0.2, 0.25) is 16.6 Å². The normalized spacial score (nSPS) is 19.9. The quantitative estimate of drug-likeness (QED) is 0.192. The Balaban J connectivity index is 1.54. The molecule has 0 saturated carbocycles. The van der Waals surface area contributed by atoms with Crippen molar-refractivity contribution < 1.29 is 14.0 Å². The Labute approximate surface area is 258 Å². The van der Waals surface area contributed by atoms with Crippen LogP contribution in [-0.2, 0) is 15.8 Å². The van der Waals surface area contributed by atoms with Crippen LogP contribution in [0.15, 0.2) is 60.9 Å². The lowest BCUT2D eigenvalue weighted by molar-refractivity contribution is -0.155. The van der Waals surface area contributed by atoms with Crippen LogP contribution in [0.5, 0.6) is 5.75 Å². The van der Waals surface area contributed by atoms with Crippen molar-refractivity contribution >= 4 is 25.9 Å². The molecule has 2 aliphatic rings. The zero-order valence-electron chi connectivity index (χ0n) is 26.9. The number of hydrogen-bond acceptors (Lipinski definition) is 7. The van der Waals surface area contributed by atoms with Gasteiger partial charge in [-0.05, 0) is 39.9 Å². The molecule has 0 aliphatic carbocycles. The minimum absolute atomic E-state index is 0.116. The van der Waals surface area contributed by atoms with Gasteiger partial charge in [0.15, 0.2) is 8.32 Å². The van der Waals surface area contributed by atoms with Crippen LogP contribution in [0.3, 0.4) is 0 Å². The molecule has 3 heterocycles. The molecule has 43 heavy (non-hydrogen) atoms. The number of carbonyl (C=O) groups excluding carboxylic acids is 1. The van der Waals surface area contributed by atoms with Gasteiger partial charge in [0.2, 0.25) is 5.91 Å². The van der Waals surface area contributed by atoms with Gasteiger partial charge in [-0.15, -0.1) is 0 Å². The minimum atomic E-state index is -2.14. The number of nitrogens with one attached hydrogen (secondary N) is 1. The molecule has 1 amide bonds. The fraction of sp³-hybridized carbons (Fsp3) is 0.500. The van der Waals surface area contributed by atoms with Crippen molar-refractivity contribution in [2.24, 2.45) is 0 Å². The van der Waals surface area contributed by atoms with E-state index in [9.17, 15) is 4.79 Å². The van der Waals surface area contributed by atoms with Crippen molar-refractivity contribution in [3.8, 4) is 5.75 Å². The molecule has 1 aromatic heterocycles. The second-order valence-corrected chi connectivity index (χ2v) is 18.4. The molecule has 230 valence electrons. The third kappa shape index (κ3) is 5.65. The smallest absolute Gasteiger partial charge is 0.233 e. The van der Waals surface area contributed by atoms with Crippen LogP contribution in [0, 0.1) is 0 Å². The fourth-order valence-corrected chi connectivity index (χ4v) is 13.1. The highest BCUT2D eigenvalue weighted by molar-refractivity contribution is 6.77. The Bertz CT molecular complexity index is 1380. The van der Waals surface area contributed by atoms with Gasteiger partial charge < -0.3 is 24.3 Å². The summed E-state index contributed by atoms with van der Waals surface area (Å²) in [7, 11) is 1.58. The summed E-state index contributed by atoms with van der Waals surface area (Å²) >= 11 is 0. The van der Waals surface area contributed by atoms with Gasteiger partial charge in [-0.1, -0.05) is 84.0 Å². The highest BCUT2D eigenvalue weighted by atomic mass is 28.4. The molecule has 1 saturated heterocycles. The summed E-state index contributed by atoms with van der Waals surface area (Å²) in [6.45, 7) is 15.6. The van der Waals surface area contributed by atoms with Crippen LogP contribution in [0.4, 0.5) is 11.6 Å². The first-order chi connectivity index (χ1) is 20.6. The van der Waals surface area contributed by atoms with E-state index in [1.165, 1.54) is 5.56 Å². The van der Waals surface area contributed by atoms with E-state index in [-0.39, 0.29) is 23.9 Å². The summed E-state index contributed by atoms with van der Waals surface area (Å²) < 4.78 is 12.5. The summed E-state index contributed by atoms with van der Waals surface area (Å²) in [4.78, 5) is 27.9. The molecular formula is C34H47N5O3Si. The molecule has 8 nitrogen and oxygen atoms in total. The average Bonchev–Trinajstić information content (AvgIpc) is 3.12. The molecule has 0 bridgehead atoms. The van der Waals surface area contributed by atoms with E-state index in [1.54, 1.807) is 13.4 Å². The lowest BCUT2D eigenvalue weighted by atomic mass is 9.77. The Morgan fingerprint density at radius 2 is 1.63 bits per heavy atom. The first-order valence-corrected chi connectivity index (χ1v) is 17.7. The molecule has 2 aromatic carbocycles. The molecule has 2 aliphatic heterocycles. The van der Waals surface area contributed by atoms with Gasteiger partial charge in [0.25, 0.3) is 0 Å². The highest BCUT2D eigenvalue weighted by Gasteiger charge is 2.56. The second-order valence-electron chi connectivity index (χ2n) is 12.9. The van der Waals surface area contributed by atoms with Crippen molar-refractivity contribution in [1.29, 1.82) is 0 Å². The van der Waals surface area contributed by atoms with Gasteiger partial charge in [0.1, 0.15) is 23.7 Å². The van der Waals surface area contributed by atoms with Gasteiger partial charge in [0.05, 0.1) is 37.3 Å². The maximum Gasteiger partial charge on any atom is 0.233 e. The number of aromatic nitrogens is 2. The van der Waals surface area contributed by atoms with Gasteiger partial charge >= 0.3 is 0 Å². The Hall–Kier alpha value is -3.43.